The van der Waals surface area contributed by atoms with Crippen molar-refractivity contribution in [2.24, 2.45) is 5.73 Å². The highest BCUT2D eigenvalue weighted by atomic mass is 16.5. The SMILES string of the molecule is CCn1nc(C)cc1C(=O)Nc1nc2cc(C(N)=O)cc3c2n1CCCO[C@H](C)CCO3. The first-order valence-corrected chi connectivity index (χ1v) is 10.8. The van der Waals surface area contributed by atoms with Gasteiger partial charge in [0.15, 0.2) is 0 Å². The lowest BCUT2D eigenvalue weighted by atomic mass is 10.1. The second-order valence-corrected chi connectivity index (χ2v) is 7.91. The molecular formula is C22H28N6O4. The van der Waals surface area contributed by atoms with Gasteiger partial charge in [0.25, 0.3) is 5.91 Å². The van der Waals surface area contributed by atoms with Crippen LogP contribution in [0.1, 0.15) is 53.2 Å². The van der Waals surface area contributed by atoms with Crippen molar-refractivity contribution in [3.05, 3.63) is 35.2 Å². The average molecular weight is 441 g/mol. The summed E-state index contributed by atoms with van der Waals surface area (Å²) in [5, 5.41) is 7.26. The second-order valence-electron chi connectivity index (χ2n) is 7.91. The summed E-state index contributed by atoms with van der Waals surface area (Å²) in [6.45, 7) is 7.89. The summed E-state index contributed by atoms with van der Waals surface area (Å²) in [5.74, 6) is -0.00544. The van der Waals surface area contributed by atoms with E-state index in [-0.39, 0.29) is 12.0 Å². The summed E-state index contributed by atoms with van der Waals surface area (Å²) in [6, 6.07) is 4.99. The van der Waals surface area contributed by atoms with Crippen LogP contribution >= 0.6 is 0 Å². The first-order chi connectivity index (χ1) is 15.4. The molecule has 0 spiro atoms. The molecule has 32 heavy (non-hydrogen) atoms. The number of amides is 2. The standard InChI is InChI=1S/C22H28N6O4/c1-4-28-17(10-13(2)26-28)21(30)25-22-24-16-11-15(20(23)29)12-18-19(16)27(22)7-5-8-31-14(3)6-9-32-18/h10-12,14H,4-9H2,1-3H3,(H2,23,29)(H,24,25,30)/t14-/m1/s1. The van der Waals surface area contributed by atoms with E-state index < -0.39 is 5.91 Å². The van der Waals surface area contributed by atoms with Gasteiger partial charge in [0.2, 0.25) is 11.9 Å². The van der Waals surface area contributed by atoms with Crippen LogP contribution in [0.25, 0.3) is 11.0 Å². The quantitative estimate of drug-likeness (QED) is 0.642. The number of aromatic nitrogens is 4. The van der Waals surface area contributed by atoms with Crippen LogP contribution in [-0.4, -0.2) is 50.5 Å². The Hall–Kier alpha value is -3.40. The highest BCUT2D eigenvalue weighted by molar-refractivity contribution is 6.04. The number of aryl methyl sites for hydroxylation is 3. The maximum atomic E-state index is 13.0. The Bertz CT molecular complexity index is 1170. The number of ether oxygens (including phenoxy) is 2. The largest absolute Gasteiger partial charge is 0.491 e. The van der Waals surface area contributed by atoms with Crippen molar-refractivity contribution in [2.45, 2.75) is 52.8 Å². The van der Waals surface area contributed by atoms with E-state index >= 15 is 0 Å². The molecule has 1 aliphatic rings. The van der Waals surface area contributed by atoms with Gasteiger partial charge in [0.1, 0.15) is 17.0 Å². The summed E-state index contributed by atoms with van der Waals surface area (Å²) in [4.78, 5) is 29.5. The van der Waals surface area contributed by atoms with E-state index in [2.05, 4.69) is 15.4 Å². The van der Waals surface area contributed by atoms with E-state index in [9.17, 15) is 9.59 Å². The van der Waals surface area contributed by atoms with Crippen LogP contribution in [0.5, 0.6) is 5.75 Å². The van der Waals surface area contributed by atoms with Crippen LogP contribution in [0.2, 0.25) is 0 Å². The number of rotatable bonds is 4. The monoisotopic (exact) mass is 440 g/mol. The smallest absolute Gasteiger partial charge is 0.276 e. The van der Waals surface area contributed by atoms with Gasteiger partial charge in [-0.3, -0.25) is 19.6 Å². The topological polar surface area (TPSA) is 126 Å². The summed E-state index contributed by atoms with van der Waals surface area (Å²) >= 11 is 0. The minimum absolute atomic E-state index is 0.0529. The van der Waals surface area contributed by atoms with Gasteiger partial charge in [-0.05, 0) is 45.4 Å². The van der Waals surface area contributed by atoms with Crippen molar-refractivity contribution in [3.8, 4) is 5.75 Å². The normalized spacial score (nSPS) is 16.9. The molecule has 1 aromatic carbocycles. The first-order valence-electron chi connectivity index (χ1n) is 10.8. The number of primary amides is 1. The molecule has 3 N–H and O–H groups in total. The molecule has 3 aromatic rings. The molecule has 0 fully saturated rings. The van der Waals surface area contributed by atoms with Crippen LogP contribution < -0.4 is 15.8 Å². The molecule has 0 saturated heterocycles. The third kappa shape index (κ3) is 4.31. The van der Waals surface area contributed by atoms with Crippen molar-refractivity contribution < 1.29 is 19.1 Å². The van der Waals surface area contributed by atoms with Crippen molar-refractivity contribution in [2.75, 3.05) is 18.5 Å². The average Bonchev–Trinajstić information content (AvgIpc) is 3.29. The van der Waals surface area contributed by atoms with Gasteiger partial charge >= 0.3 is 0 Å². The molecule has 10 heteroatoms. The third-order valence-corrected chi connectivity index (χ3v) is 5.46. The van der Waals surface area contributed by atoms with Crippen LogP contribution in [0.15, 0.2) is 18.2 Å². The Morgan fingerprint density at radius 1 is 1.28 bits per heavy atom. The number of nitrogens with zero attached hydrogens (tertiary/aromatic N) is 4. The Labute approximate surface area is 185 Å². The molecule has 170 valence electrons. The Kier molecular flexibility index (Phi) is 6.13. The maximum absolute atomic E-state index is 13.0. The molecule has 0 radical (unpaired) electrons. The number of hydrogen-bond donors (Lipinski definition) is 2. The summed E-state index contributed by atoms with van der Waals surface area (Å²) in [7, 11) is 0. The minimum atomic E-state index is -0.569. The van der Waals surface area contributed by atoms with Gasteiger partial charge in [-0.1, -0.05) is 0 Å². The molecule has 4 rings (SSSR count). The lowest BCUT2D eigenvalue weighted by molar-refractivity contribution is 0.0485. The Balaban J connectivity index is 1.79. The zero-order valence-corrected chi connectivity index (χ0v) is 18.6. The van der Waals surface area contributed by atoms with Crippen LogP contribution in [0, 0.1) is 6.92 Å². The van der Waals surface area contributed by atoms with E-state index in [1.165, 1.54) is 0 Å². The number of anilines is 1. The van der Waals surface area contributed by atoms with Crippen molar-refractivity contribution in [1.82, 2.24) is 19.3 Å². The van der Waals surface area contributed by atoms with Crippen LogP contribution in [0.4, 0.5) is 5.95 Å². The number of nitrogens with one attached hydrogen (secondary N) is 1. The van der Waals surface area contributed by atoms with E-state index in [4.69, 9.17) is 15.2 Å². The molecule has 2 amide bonds. The number of hydrogen-bond acceptors (Lipinski definition) is 6. The van der Waals surface area contributed by atoms with E-state index in [1.807, 2.05) is 25.3 Å². The summed E-state index contributed by atoms with van der Waals surface area (Å²) < 4.78 is 15.4. The van der Waals surface area contributed by atoms with Gasteiger partial charge in [-0.25, -0.2) is 4.98 Å². The molecule has 3 heterocycles. The highest BCUT2D eigenvalue weighted by Crippen LogP contribution is 2.32. The molecule has 0 saturated carbocycles. The van der Waals surface area contributed by atoms with Crippen molar-refractivity contribution >= 4 is 28.8 Å². The molecule has 0 bridgehead atoms. The van der Waals surface area contributed by atoms with Gasteiger partial charge in [0, 0.05) is 31.7 Å². The van der Waals surface area contributed by atoms with E-state index in [0.717, 1.165) is 12.1 Å². The number of benzene rings is 1. The predicted molar refractivity (Wildman–Crippen MR) is 119 cm³/mol. The van der Waals surface area contributed by atoms with Crippen LogP contribution in [0.3, 0.4) is 0 Å². The molecule has 0 unspecified atom stereocenters. The molecule has 10 nitrogen and oxygen atoms in total. The zero-order chi connectivity index (χ0) is 22.8. The lowest BCUT2D eigenvalue weighted by Gasteiger charge is -2.13. The van der Waals surface area contributed by atoms with Gasteiger partial charge < -0.3 is 19.8 Å². The minimum Gasteiger partial charge on any atom is -0.491 e. The number of carbonyl (C=O) groups is 2. The molecule has 1 atom stereocenters. The fourth-order valence-corrected chi connectivity index (χ4v) is 3.86. The fraction of sp³-hybridized carbons (Fsp3) is 0.455. The summed E-state index contributed by atoms with van der Waals surface area (Å²) in [5.41, 5.74) is 8.28. The summed E-state index contributed by atoms with van der Waals surface area (Å²) in [6.07, 6.45) is 1.49. The highest BCUT2D eigenvalue weighted by Gasteiger charge is 2.22. The Morgan fingerprint density at radius 3 is 2.84 bits per heavy atom. The molecule has 1 aliphatic heterocycles. The van der Waals surface area contributed by atoms with Crippen molar-refractivity contribution in [3.63, 3.8) is 0 Å². The van der Waals surface area contributed by atoms with E-state index in [0.29, 0.717) is 66.7 Å². The van der Waals surface area contributed by atoms with Crippen molar-refractivity contribution in [1.29, 1.82) is 0 Å². The fourth-order valence-electron chi connectivity index (χ4n) is 3.86. The Morgan fingerprint density at radius 2 is 2.09 bits per heavy atom. The van der Waals surface area contributed by atoms with E-state index in [1.54, 1.807) is 22.9 Å². The maximum Gasteiger partial charge on any atom is 0.276 e. The number of nitrogens with two attached hydrogens (primary N) is 1. The number of carbonyl (C=O) groups excluding carboxylic acids is 2. The second kappa shape index (κ2) is 8.99. The van der Waals surface area contributed by atoms with Gasteiger partial charge in [-0.15, -0.1) is 0 Å². The molecule has 0 aliphatic carbocycles. The zero-order valence-electron chi connectivity index (χ0n) is 18.6. The number of imidazole rings is 1. The lowest BCUT2D eigenvalue weighted by Crippen LogP contribution is -2.20. The molecule has 2 aromatic heterocycles. The van der Waals surface area contributed by atoms with Gasteiger partial charge in [-0.2, -0.15) is 5.10 Å². The third-order valence-electron chi connectivity index (χ3n) is 5.46. The first kappa shape index (κ1) is 21.8. The van der Waals surface area contributed by atoms with Gasteiger partial charge in [0.05, 0.1) is 23.9 Å². The molecular weight excluding hydrogens is 412 g/mol. The predicted octanol–water partition coefficient (Wildman–Crippen LogP) is 2.49. The van der Waals surface area contributed by atoms with Crippen LogP contribution in [-0.2, 0) is 17.8 Å².